The molecule has 0 bridgehead atoms. The maximum absolute atomic E-state index is 12.1. The quantitative estimate of drug-likeness (QED) is 0.876. The van der Waals surface area contributed by atoms with E-state index in [2.05, 4.69) is 0 Å². The minimum atomic E-state index is 0.121. The molecule has 0 atom stereocenters. The highest BCUT2D eigenvalue weighted by Gasteiger charge is 2.33. The van der Waals surface area contributed by atoms with Crippen molar-refractivity contribution in [3.8, 4) is 5.75 Å². The summed E-state index contributed by atoms with van der Waals surface area (Å²) in [6.45, 7) is 0.613. The average molecular weight is 248 g/mol. The average Bonchev–Trinajstić information content (AvgIpc) is 2.34. The molecule has 0 heterocycles. The van der Waals surface area contributed by atoms with Crippen LogP contribution in [0.15, 0.2) is 24.3 Å². The molecule has 1 amide bonds. The van der Waals surface area contributed by atoms with Crippen molar-refractivity contribution >= 4 is 5.91 Å². The van der Waals surface area contributed by atoms with E-state index >= 15 is 0 Å². The number of hydrogen-bond acceptors (Lipinski definition) is 3. The first-order valence-corrected chi connectivity index (χ1v) is 6.23. The summed E-state index contributed by atoms with van der Waals surface area (Å²) in [4.78, 5) is 13.8. The van der Waals surface area contributed by atoms with Crippen LogP contribution in [0.3, 0.4) is 0 Å². The monoisotopic (exact) mass is 248 g/mol. The van der Waals surface area contributed by atoms with Gasteiger partial charge in [-0.05, 0) is 30.5 Å². The third kappa shape index (κ3) is 2.82. The topological polar surface area (TPSA) is 55.6 Å². The predicted molar refractivity (Wildman–Crippen MR) is 70.2 cm³/mol. The smallest absolute Gasteiger partial charge is 0.225 e. The highest BCUT2D eigenvalue weighted by molar-refractivity contribution is 5.79. The van der Waals surface area contributed by atoms with Crippen LogP contribution in [0.4, 0.5) is 0 Å². The summed E-state index contributed by atoms with van der Waals surface area (Å²) >= 11 is 0. The lowest BCUT2D eigenvalue weighted by molar-refractivity contribution is -0.137. The molecule has 1 aromatic carbocycles. The van der Waals surface area contributed by atoms with E-state index in [1.165, 1.54) is 0 Å². The number of methoxy groups -OCH3 is 1. The van der Waals surface area contributed by atoms with Crippen LogP contribution in [0, 0.1) is 5.92 Å². The lowest BCUT2D eigenvalue weighted by Gasteiger charge is -2.34. The Bertz CT molecular complexity index is 428. The van der Waals surface area contributed by atoms with Crippen LogP contribution in [0.5, 0.6) is 5.75 Å². The number of nitrogens with zero attached hydrogens (tertiary/aromatic N) is 1. The van der Waals surface area contributed by atoms with E-state index in [0.29, 0.717) is 6.54 Å². The van der Waals surface area contributed by atoms with E-state index < -0.39 is 0 Å². The van der Waals surface area contributed by atoms with E-state index in [9.17, 15) is 4.79 Å². The van der Waals surface area contributed by atoms with Crippen LogP contribution in [0.25, 0.3) is 0 Å². The number of ether oxygens (including phenoxy) is 1. The van der Waals surface area contributed by atoms with Crippen LogP contribution in [-0.4, -0.2) is 31.0 Å². The van der Waals surface area contributed by atoms with Crippen molar-refractivity contribution in [2.45, 2.75) is 25.4 Å². The Morgan fingerprint density at radius 1 is 1.50 bits per heavy atom. The number of benzene rings is 1. The molecule has 2 rings (SSSR count). The Balaban J connectivity index is 1.93. The van der Waals surface area contributed by atoms with Crippen LogP contribution in [0.2, 0.25) is 0 Å². The van der Waals surface area contributed by atoms with Crippen molar-refractivity contribution in [3.63, 3.8) is 0 Å². The molecule has 0 unspecified atom stereocenters. The fraction of sp³-hybridized carbons (Fsp3) is 0.500. The van der Waals surface area contributed by atoms with Gasteiger partial charge in [-0.15, -0.1) is 0 Å². The van der Waals surface area contributed by atoms with Gasteiger partial charge in [-0.25, -0.2) is 0 Å². The van der Waals surface area contributed by atoms with E-state index in [1.54, 1.807) is 12.0 Å². The summed E-state index contributed by atoms with van der Waals surface area (Å²) in [5.41, 5.74) is 6.79. The van der Waals surface area contributed by atoms with Gasteiger partial charge in [0.25, 0.3) is 0 Å². The van der Waals surface area contributed by atoms with Gasteiger partial charge in [0.05, 0.1) is 7.11 Å². The van der Waals surface area contributed by atoms with Gasteiger partial charge in [-0.1, -0.05) is 12.1 Å². The largest absolute Gasteiger partial charge is 0.497 e. The standard InChI is InChI=1S/C14H20N2O2/c1-16(14(17)11-7-12(15)8-11)9-10-4-3-5-13(6-10)18-2/h3-6,11-12H,7-9,15H2,1-2H3. The molecule has 0 spiro atoms. The second-order valence-electron chi connectivity index (χ2n) is 4.97. The van der Waals surface area contributed by atoms with Crippen molar-refractivity contribution in [3.05, 3.63) is 29.8 Å². The van der Waals surface area contributed by atoms with E-state index in [1.807, 2.05) is 31.3 Å². The first-order valence-electron chi connectivity index (χ1n) is 6.23. The van der Waals surface area contributed by atoms with E-state index in [4.69, 9.17) is 10.5 Å². The molecule has 2 N–H and O–H groups in total. The second kappa shape index (κ2) is 5.40. The first kappa shape index (κ1) is 12.9. The Hall–Kier alpha value is -1.55. The molecule has 1 aliphatic rings. The highest BCUT2D eigenvalue weighted by atomic mass is 16.5. The molecule has 1 aromatic rings. The van der Waals surface area contributed by atoms with Gasteiger partial charge >= 0.3 is 0 Å². The summed E-state index contributed by atoms with van der Waals surface area (Å²) in [6, 6.07) is 8.00. The Morgan fingerprint density at radius 2 is 2.22 bits per heavy atom. The van der Waals surface area contributed by atoms with E-state index in [0.717, 1.165) is 24.2 Å². The normalized spacial score (nSPS) is 22.2. The van der Waals surface area contributed by atoms with E-state index in [-0.39, 0.29) is 17.9 Å². The van der Waals surface area contributed by atoms with Crippen LogP contribution >= 0.6 is 0 Å². The zero-order valence-corrected chi connectivity index (χ0v) is 10.9. The maximum Gasteiger partial charge on any atom is 0.225 e. The fourth-order valence-corrected chi connectivity index (χ4v) is 2.30. The molecule has 0 aromatic heterocycles. The first-order chi connectivity index (χ1) is 8.60. The summed E-state index contributed by atoms with van der Waals surface area (Å²) in [6.07, 6.45) is 1.64. The zero-order chi connectivity index (χ0) is 13.1. The number of nitrogens with two attached hydrogens (primary N) is 1. The van der Waals surface area contributed by atoms with Crippen molar-refractivity contribution in [2.75, 3.05) is 14.2 Å². The van der Waals surface area contributed by atoms with Crippen molar-refractivity contribution in [1.82, 2.24) is 4.90 Å². The third-order valence-corrected chi connectivity index (χ3v) is 3.45. The van der Waals surface area contributed by atoms with Gasteiger partial charge in [0, 0.05) is 25.6 Å². The second-order valence-corrected chi connectivity index (χ2v) is 4.97. The number of hydrogen-bond donors (Lipinski definition) is 1. The molecule has 98 valence electrons. The zero-order valence-electron chi connectivity index (χ0n) is 10.9. The Labute approximate surface area is 108 Å². The third-order valence-electron chi connectivity index (χ3n) is 3.45. The molecule has 1 fully saturated rings. The summed E-state index contributed by atoms with van der Waals surface area (Å²) in [7, 11) is 3.48. The molecule has 0 aliphatic heterocycles. The number of carbonyl (C=O) groups excluding carboxylic acids is 1. The van der Waals surface area contributed by atoms with Gasteiger partial charge < -0.3 is 15.4 Å². The van der Waals surface area contributed by atoms with Crippen molar-refractivity contribution in [1.29, 1.82) is 0 Å². The molecule has 4 heteroatoms. The minimum Gasteiger partial charge on any atom is -0.497 e. The van der Waals surface area contributed by atoms with Gasteiger partial charge in [0.15, 0.2) is 0 Å². The minimum absolute atomic E-state index is 0.121. The van der Waals surface area contributed by atoms with Crippen LogP contribution in [-0.2, 0) is 11.3 Å². The Kier molecular flexibility index (Phi) is 3.87. The van der Waals surface area contributed by atoms with Crippen molar-refractivity contribution in [2.24, 2.45) is 11.7 Å². The molecule has 0 saturated heterocycles. The number of carbonyl (C=O) groups is 1. The van der Waals surface area contributed by atoms with Crippen LogP contribution < -0.4 is 10.5 Å². The van der Waals surface area contributed by atoms with Gasteiger partial charge in [-0.2, -0.15) is 0 Å². The summed E-state index contributed by atoms with van der Waals surface area (Å²) < 4.78 is 5.17. The lowest BCUT2D eigenvalue weighted by atomic mass is 9.80. The van der Waals surface area contributed by atoms with Gasteiger partial charge in [0.2, 0.25) is 5.91 Å². The molecule has 4 nitrogen and oxygen atoms in total. The highest BCUT2D eigenvalue weighted by Crippen LogP contribution is 2.27. The van der Waals surface area contributed by atoms with Gasteiger partial charge in [0.1, 0.15) is 5.75 Å². The Morgan fingerprint density at radius 3 is 2.83 bits per heavy atom. The maximum atomic E-state index is 12.1. The molecule has 1 aliphatic carbocycles. The predicted octanol–water partition coefficient (Wildman–Crippen LogP) is 1.39. The number of amides is 1. The SMILES string of the molecule is COc1cccc(CN(C)C(=O)C2CC(N)C2)c1. The van der Waals surface area contributed by atoms with Gasteiger partial charge in [-0.3, -0.25) is 4.79 Å². The van der Waals surface area contributed by atoms with Crippen molar-refractivity contribution < 1.29 is 9.53 Å². The molecule has 1 saturated carbocycles. The molecule has 18 heavy (non-hydrogen) atoms. The number of rotatable bonds is 4. The summed E-state index contributed by atoms with van der Waals surface area (Å²) in [5.74, 6) is 1.13. The fourth-order valence-electron chi connectivity index (χ4n) is 2.30. The molecule has 0 radical (unpaired) electrons. The lowest BCUT2D eigenvalue weighted by Crippen LogP contribution is -2.45. The molecular formula is C14H20N2O2. The molecular weight excluding hydrogens is 228 g/mol. The van der Waals surface area contributed by atoms with Crippen LogP contribution in [0.1, 0.15) is 18.4 Å². The summed E-state index contributed by atoms with van der Waals surface area (Å²) in [5, 5.41) is 0.